The van der Waals surface area contributed by atoms with E-state index in [4.69, 9.17) is 15.2 Å². The molecule has 42 heavy (non-hydrogen) atoms. The molecule has 2 atom stereocenters. The molecule has 3 aromatic rings. The van der Waals surface area contributed by atoms with Crippen LogP contribution in [0.25, 0.3) is 10.2 Å². The van der Waals surface area contributed by atoms with Crippen molar-refractivity contribution in [1.82, 2.24) is 10.3 Å². The normalized spacial score (nSPS) is 22.7. The number of hydrogen-bond donors (Lipinski definition) is 3. The lowest BCUT2D eigenvalue weighted by atomic mass is 9.77. The quantitative estimate of drug-likeness (QED) is 0.293. The van der Waals surface area contributed by atoms with Crippen LogP contribution in [0.5, 0.6) is 17.2 Å². The van der Waals surface area contributed by atoms with Crippen LogP contribution in [-0.4, -0.2) is 50.5 Å². The molecule has 0 spiro atoms. The van der Waals surface area contributed by atoms with Crippen molar-refractivity contribution in [3.05, 3.63) is 35.9 Å². The molecular weight excluding hydrogens is 570 g/mol. The molecule has 1 aromatic heterocycles. The number of thiazole rings is 1. The highest BCUT2D eigenvalue weighted by Gasteiger charge is 2.43. The van der Waals surface area contributed by atoms with Crippen LogP contribution >= 0.6 is 11.3 Å². The van der Waals surface area contributed by atoms with E-state index in [1.54, 1.807) is 20.3 Å². The van der Waals surface area contributed by atoms with Gasteiger partial charge in [-0.2, -0.15) is 0 Å². The number of nitrogens with two attached hydrogens (primary N) is 1. The molecule has 0 radical (unpaired) electrons. The minimum Gasteiger partial charge on any atom is -0.496 e. The number of rotatable bonds is 7. The summed E-state index contributed by atoms with van der Waals surface area (Å²) in [6, 6.07) is 7.82. The molecule has 2 saturated carbocycles. The zero-order chi connectivity index (χ0) is 30.4. The van der Waals surface area contributed by atoms with E-state index in [1.807, 2.05) is 6.07 Å². The predicted octanol–water partition coefficient (Wildman–Crippen LogP) is 5.67. The molecule has 2 fully saturated rings. The highest BCUT2D eigenvalue weighted by Crippen LogP contribution is 2.42. The number of nitrogens with zero attached hydrogens (tertiary/aromatic N) is 1. The Kier molecular flexibility index (Phi) is 10.0. The van der Waals surface area contributed by atoms with Crippen LogP contribution in [0.4, 0.5) is 19.6 Å². The third-order valence-electron chi connectivity index (χ3n) is 7.42. The Morgan fingerprint density at radius 3 is 2.50 bits per heavy atom. The summed E-state index contributed by atoms with van der Waals surface area (Å²) in [5, 5.41) is 5.84. The summed E-state index contributed by atoms with van der Waals surface area (Å²) in [5.74, 6) is 2.70. The summed E-state index contributed by atoms with van der Waals surface area (Å²) >= 11 is 1.32. The molecule has 10 nitrogen and oxygen atoms in total. The predicted molar refractivity (Wildman–Crippen MR) is 156 cm³/mol. The van der Waals surface area contributed by atoms with Gasteiger partial charge in [-0.3, -0.25) is 9.59 Å². The van der Waals surface area contributed by atoms with Gasteiger partial charge in [-0.05, 0) is 67.7 Å². The van der Waals surface area contributed by atoms with Crippen LogP contribution < -0.4 is 30.6 Å². The van der Waals surface area contributed by atoms with Gasteiger partial charge in [0.05, 0.1) is 17.3 Å². The molecule has 2 heterocycles. The molecule has 6 rings (SSSR count). The van der Waals surface area contributed by atoms with Crippen LogP contribution in [0.3, 0.4) is 0 Å². The second-order valence-corrected chi connectivity index (χ2v) is 11.7. The number of carbonyl (C=O) groups excluding carboxylic acids is 2. The number of anilines is 2. The zero-order valence-corrected chi connectivity index (χ0v) is 24.8. The lowest BCUT2D eigenvalue weighted by Gasteiger charge is -2.34. The SMILES string of the molecule is COCC1CC(C)C1.COc1ccc2nc(N)sc2c1C(=O)NC1CC[C@@H]1C.O=CNc1ccc2c(c1)OC(F)(F)O2. The van der Waals surface area contributed by atoms with Crippen molar-refractivity contribution >= 4 is 44.7 Å². The smallest absolute Gasteiger partial charge is 0.496 e. The van der Waals surface area contributed by atoms with Crippen molar-refractivity contribution in [1.29, 1.82) is 0 Å². The first-order valence-electron chi connectivity index (χ1n) is 13.7. The van der Waals surface area contributed by atoms with Gasteiger partial charge in [0.25, 0.3) is 5.91 Å². The monoisotopic (exact) mass is 606 g/mol. The number of alkyl halides is 2. The molecule has 2 aromatic carbocycles. The van der Waals surface area contributed by atoms with Crippen LogP contribution in [0, 0.1) is 17.8 Å². The van der Waals surface area contributed by atoms with Crippen LogP contribution in [0.2, 0.25) is 0 Å². The Labute approximate surface area is 246 Å². The fraction of sp³-hybridized carbons (Fsp3) is 0.483. The molecule has 228 valence electrons. The first kappa shape index (κ1) is 31.2. The van der Waals surface area contributed by atoms with Gasteiger partial charge in [0.2, 0.25) is 6.41 Å². The van der Waals surface area contributed by atoms with E-state index in [0.717, 1.165) is 35.1 Å². The lowest BCUT2D eigenvalue weighted by molar-refractivity contribution is -0.286. The Bertz CT molecular complexity index is 1400. The van der Waals surface area contributed by atoms with Crippen molar-refractivity contribution in [2.75, 3.05) is 31.9 Å². The number of carbonyl (C=O) groups is 2. The van der Waals surface area contributed by atoms with E-state index in [0.29, 0.717) is 34.5 Å². The van der Waals surface area contributed by atoms with Gasteiger partial charge >= 0.3 is 6.29 Å². The average Bonchev–Trinajstić information content (AvgIpc) is 3.46. The second kappa shape index (κ2) is 13.5. The molecule has 0 bridgehead atoms. The van der Waals surface area contributed by atoms with E-state index in [1.165, 1.54) is 48.8 Å². The molecule has 0 saturated heterocycles. The lowest BCUT2D eigenvalue weighted by Crippen LogP contribution is -2.45. The van der Waals surface area contributed by atoms with Gasteiger partial charge in [0.1, 0.15) is 11.3 Å². The number of fused-ring (bicyclic) bond motifs is 2. The van der Waals surface area contributed by atoms with Gasteiger partial charge in [-0.1, -0.05) is 25.2 Å². The Morgan fingerprint density at radius 1 is 1.17 bits per heavy atom. The van der Waals surface area contributed by atoms with Gasteiger partial charge in [-0.15, -0.1) is 8.78 Å². The summed E-state index contributed by atoms with van der Waals surface area (Å²) in [7, 11) is 3.34. The van der Waals surface area contributed by atoms with Crippen molar-refractivity contribution in [3.8, 4) is 17.2 Å². The third-order valence-corrected chi connectivity index (χ3v) is 8.34. The number of amides is 2. The molecule has 2 amide bonds. The average molecular weight is 607 g/mol. The minimum atomic E-state index is -3.62. The Hall–Kier alpha value is -3.71. The Morgan fingerprint density at radius 2 is 1.90 bits per heavy atom. The fourth-order valence-electron chi connectivity index (χ4n) is 5.05. The fourth-order valence-corrected chi connectivity index (χ4v) is 5.91. The molecule has 1 unspecified atom stereocenters. The summed E-state index contributed by atoms with van der Waals surface area (Å²) < 4.78 is 44.5. The summed E-state index contributed by atoms with van der Waals surface area (Å²) in [4.78, 5) is 26.8. The highest BCUT2D eigenvalue weighted by atomic mass is 32.1. The van der Waals surface area contributed by atoms with Gasteiger partial charge in [0.15, 0.2) is 16.6 Å². The standard InChI is InChI=1S/C14H17N3O2S.C8H5F2NO3.C7H14O/c1-7-3-4-8(7)16-13(18)11-10(19-2)6-5-9-12(11)20-14(15)17-9;9-8(10)13-6-2-1-5(11-4-12)3-7(6)14-8;1-6-3-7(4-6)5-8-2/h5-8H,3-4H2,1-2H3,(H2,15,17)(H,16,18);1-4H,(H,11,12);6-7H,3-5H2,1-2H3/t7-,8?;;/m0../s1. The topological polar surface area (TPSA) is 134 Å². The highest BCUT2D eigenvalue weighted by molar-refractivity contribution is 7.22. The number of nitrogen functional groups attached to an aromatic ring is 1. The van der Waals surface area contributed by atoms with E-state index in [9.17, 15) is 18.4 Å². The molecule has 3 aliphatic rings. The van der Waals surface area contributed by atoms with Crippen LogP contribution in [0.1, 0.15) is 49.9 Å². The van der Waals surface area contributed by atoms with Crippen LogP contribution in [0.15, 0.2) is 30.3 Å². The number of methoxy groups -OCH3 is 2. The number of ether oxygens (including phenoxy) is 4. The zero-order valence-electron chi connectivity index (χ0n) is 23.9. The molecular formula is C29H36F2N4O6S. The molecule has 1 aliphatic heterocycles. The van der Waals surface area contributed by atoms with Crippen molar-refractivity contribution in [2.24, 2.45) is 17.8 Å². The van der Waals surface area contributed by atoms with E-state index >= 15 is 0 Å². The molecule has 4 N–H and O–H groups in total. The molecule has 13 heteroatoms. The van der Waals surface area contributed by atoms with Gasteiger partial charge in [-0.25, -0.2) is 4.98 Å². The van der Waals surface area contributed by atoms with E-state index < -0.39 is 6.29 Å². The summed E-state index contributed by atoms with van der Waals surface area (Å²) in [6.07, 6.45) is 1.79. The van der Waals surface area contributed by atoms with Crippen LogP contribution in [-0.2, 0) is 9.53 Å². The number of halogens is 2. The number of nitrogens with one attached hydrogen (secondary N) is 2. The first-order valence-corrected chi connectivity index (χ1v) is 14.5. The largest absolute Gasteiger partial charge is 0.586 e. The number of aromatic nitrogens is 1. The van der Waals surface area contributed by atoms with Gasteiger partial charge < -0.3 is 35.3 Å². The summed E-state index contributed by atoms with van der Waals surface area (Å²) in [5.41, 5.74) is 7.38. The summed E-state index contributed by atoms with van der Waals surface area (Å²) in [6.45, 7) is 5.42. The third kappa shape index (κ3) is 7.57. The Balaban J connectivity index is 0.000000159. The van der Waals surface area contributed by atoms with Crippen molar-refractivity contribution in [3.63, 3.8) is 0 Å². The number of hydrogen-bond acceptors (Lipinski definition) is 9. The maximum atomic E-state index is 12.5. The maximum absolute atomic E-state index is 12.5. The van der Waals surface area contributed by atoms with Gasteiger partial charge in [0, 0.05) is 31.5 Å². The van der Waals surface area contributed by atoms with Crippen molar-refractivity contribution in [2.45, 2.75) is 51.9 Å². The van der Waals surface area contributed by atoms with E-state index in [2.05, 4.69) is 38.9 Å². The van der Waals surface area contributed by atoms with E-state index in [-0.39, 0.29) is 23.4 Å². The second-order valence-electron chi connectivity index (χ2n) is 10.7. The minimum absolute atomic E-state index is 0.0496. The maximum Gasteiger partial charge on any atom is 0.586 e. The molecule has 2 aliphatic carbocycles. The number of benzene rings is 2. The first-order chi connectivity index (χ1) is 20.0. The van der Waals surface area contributed by atoms with Crippen molar-refractivity contribution < 1.29 is 37.3 Å².